The standard InChI is InChI=1S/C36H33O4/c1-35(2)36(3,4)39-40(38-35)33-18-10-17-32-34(33)30-23-29(19-20-31(30)37-32)28-16-9-15-27(22-28)26-14-8-13-25(21-26)24-11-6-5-7-12-24/h6,8-23H,5,7H2,1-4H3/q+1. The van der Waals surface area contributed by atoms with Gasteiger partial charge in [0.2, 0.25) is 0 Å². The molecule has 1 aromatic heterocycles. The molecule has 7 rings (SSSR count). The predicted octanol–water partition coefficient (Wildman–Crippen LogP) is 10.4. The lowest BCUT2D eigenvalue weighted by Crippen LogP contribution is -2.41. The van der Waals surface area contributed by atoms with Crippen molar-refractivity contribution in [1.82, 2.24) is 0 Å². The fourth-order valence-corrected chi connectivity index (χ4v) is 5.38. The van der Waals surface area contributed by atoms with Crippen LogP contribution in [-0.2, 0) is 14.4 Å². The molecule has 1 fully saturated rings. The highest BCUT2D eigenvalue weighted by Gasteiger charge is 2.58. The fourth-order valence-electron chi connectivity index (χ4n) is 5.38. The summed E-state index contributed by atoms with van der Waals surface area (Å²) < 4.78 is 8.82. The first-order valence-electron chi connectivity index (χ1n) is 14.0. The van der Waals surface area contributed by atoms with Crippen molar-refractivity contribution in [2.45, 2.75) is 51.7 Å². The first-order chi connectivity index (χ1) is 19.3. The minimum absolute atomic E-state index is 0.522. The Morgan fingerprint density at radius 2 is 1.25 bits per heavy atom. The Kier molecular flexibility index (Phi) is 5.74. The van der Waals surface area contributed by atoms with E-state index in [0.717, 1.165) is 51.7 Å². The highest BCUT2D eigenvalue weighted by Crippen LogP contribution is 2.49. The Bertz CT molecular complexity index is 1800. The molecule has 4 heteroatoms. The molecule has 40 heavy (non-hydrogen) atoms. The Morgan fingerprint density at radius 3 is 1.93 bits per heavy atom. The number of hydrogen-bond donors (Lipinski definition) is 0. The van der Waals surface area contributed by atoms with Crippen LogP contribution in [0.4, 0.5) is 0 Å². The highest BCUT2D eigenvalue weighted by atomic mass is 17.6. The summed E-state index contributed by atoms with van der Waals surface area (Å²) in [5.74, 6) is 0.753. The summed E-state index contributed by atoms with van der Waals surface area (Å²) in [6.45, 7) is 8.10. The molecule has 1 saturated heterocycles. The Morgan fingerprint density at radius 1 is 0.625 bits per heavy atom. The van der Waals surface area contributed by atoms with E-state index in [-0.39, 0.29) is 0 Å². The maximum absolute atomic E-state index is 6.25. The van der Waals surface area contributed by atoms with E-state index >= 15 is 0 Å². The molecule has 0 radical (unpaired) electrons. The highest BCUT2D eigenvalue weighted by molar-refractivity contribution is 6.09. The van der Waals surface area contributed by atoms with Gasteiger partial charge in [-0.15, -0.1) is 0 Å². The molecule has 0 N–H and O–H groups in total. The minimum Gasteiger partial charge on any atom is -0.456 e. The molecule has 2 heterocycles. The van der Waals surface area contributed by atoms with Gasteiger partial charge in [0.25, 0.3) is 0 Å². The van der Waals surface area contributed by atoms with Gasteiger partial charge in [-0.05, 0) is 120 Å². The van der Waals surface area contributed by atoms with Crippen LogP contribution in [0.2, 0.25) is 0 Å². The number of rotatable bonds is 4. The van der Waals surface area contributed by atoms with Crippen molar-refractivity contribution in [2.75, 3.05) is 0 Å². The normalized spacial score (nSPS) is 18.0. The van der Waals surface area contributed by atoms with Gasteiger partial charge >= 0.3 is 5.75 Å². The van der Waals surface area contributed by atoms with Crippen molar-refractivity contribution < 1.29 is 18.9 Å². The van der Waals surface area contributed by atoms with E-state index in [1.807, 2.05) is 52.0 Å². The molecule has 0 spiro atoms. The summed E-state index contributed by atoms with van der Waals surface area (Å²) in [5, 5.41) is 1.95. The topological polar surface area (TPSA) is 34.3 Å². The lowest BCUT2D eigenvalue weighted by molar-refractivity contribution is -0.586. The molecule has 5 aromatic rings. The second kappa shape index (κ2) is 9.22. The van der Waals surface area contributed by atoms with Gasteiger partial charge in [0.05, 0.1) is 0 Å². The number of hydrogen-bond acceptors (Lipinski definition) is 3. The van der Waals surface area contributed by atoms with Crippen molar-refractivity contribution in [1.29, 1.82) is 0 Å². The van der Waals surface area contributed by atoms with Crippen molar-refractivity contribution in [2.24, 2.45) is 0 Å². The minimum atomic E-state index is -0.522. The SMILES string of the molecule is CC1(C)O[O+](c2cccc3oc4ccc(-c5cccc(-c6cccc(C7=CCCC=C7)c6)c5)cc4c23)OC1(C)C. The van der Waals surface area contributed by atoms with Gasteiger partial charge in [0, 0.05) is 11.5 Å². The van der Waals surface area contributed by atoms with Crippen LogP contribution in [0.5, 0.6) is 5.75 Å². The second-order valence-electron chi connectivity index (χ2n) is 11.7. The van der Waals surface area contributed by atoms with Crippen LogP contribution in [0.25, 0.3) is 49.8 Å². The van der Waals surface area contributed by atoms with Crippen LogP contribution < -0.4 is 0 Å². The van der Waals surface area contributed by atoms with E-state index in [9.17, 15) is 0 Å². The van der Waals surface area contributed by atoms with Crippen molar-refractivity contribution in [3.63, 3.8) is 0 Å². The lowest BCUT2D eigenvalue weighted by Gasteiger charge is -2.19. The summed E-state index contributed by atoms with van der Waals surface area (Å²) in [6, 6.07) is 29.8. The quantitative estimate of drug-likeness (QED) is 0.172. The molecule has 4 nitrogen and oxygen atoms in total. The van der Waals surface area contributed by atoms with Crippen molar-refractivity contribution in [3.8, 4) is 28.0 Å². The molecular weight excluding hydrogens is 496 g/mol. The van der Waals surface area contributed by atoms with Crippen LogP contribution >= 0.6 is 0 Å². The van der Waals surface area contributed by atoms with Gasteiger partial charge in [-0.1, -0.05) is 60.7 Å². The molecule has 0 bridgehead atoms. The number of benzene rings is 4. The zero-order valence-corrected chi connectivity index (χ0v) is 23.4. The van der Waals surface area contributed by atoms with E-state index in [1.165, 1.54) is 22.3 Å². The first kappa shape index (κ1) is 24.9. The summed E-state index contributed by atoms with van der Waals surface area (Å²) in [6.07, 6.45) is 9.03. The maximum atomic E-state index is 6.25. The number of allylic oxidation sites excluding steroid dienone is 4. The van der Waals surface area contributed by atoms with Crippen LogP contribution in [-0.4, -0.2) is 11.2 Å². The van der Waals surface area contributed by atoms with E-state index in [0.29, 0.717) is 0 Å². The summed E-state index contributed by atoms with van der Waals surface area (Å²) in [4.78, 5) is 12.4. The summed E-state index contributed by atoms with van der Waals surface area (Å²) in [5.41, 5.74) is 7.79. The Labute approximate surface area is 234 Å². The van der Waals surface area contributed by atoms with Gasteiger partial charge in [-0.3, -0.25) is 0 Å². The summed E-state index contributed by atoms with van der Waals surface area (Å²) in [7, 11) is 0. The van der Waals surface area contributed by atoms with E-state index in [1.54, 1.807) is 0 Å². The van der Waals surface area contributed by atoms with Crippen LogP contribution in [0.1, 0.15) is 46.1 Å². The Hall–Kier alpha value is -4.12. The van der Waals surface area contributed by atoms with Gasteiger partial charge in [-0.2, -0.15) is 4.67 Å². The molecule has 4 aromatic carbocycles. The van der Waals surface area contributed by atoms with Crippen LogP contribution in [0, 0.1) is 0 Å². The molecular formula is C36H33O4+. The third-order valence-corrected chi connectivity index (χ3v) is 8.37. The monoisotopic (exact) mass is 529 g/mol. The second-order valence-corrected chi connectivity index (χ2v) is 11.7. The molecule has 1 aliphatic carbocycles. The van der Waals surface area contributed by atoms with Gasteiger partial charge < -0.3 is 4.42 Å². The zero-order chi connectivity index (χ0) is 27.5. The lowest BCUT2D eigenvalue weighted by atomic mass is 9.90. The van der Waals surface area contributed by atoms with Gasteiger partial charge in [0.15, 0.2) is 11.2 Å². The molecule has 200 valence electrons. The smallest absolute Gasteiger partial charge is 0.363 e. The average molecular weight is 530 g/mol. The molecule has 0 saturated carbocycles. The molecule has 0 unspecified atom stereocenters. The van der Waals surface area contributed by atoms with Crippen LogP contribution in [0.3, 0.4) is 0 Å². The van der Waals surface area contributed by atoms with E-state index < -0.39 is 11.2 Å². The third-order valence-electron chi connectivity index (χ3n) is 8.37. The van der Waals surface area contributed by atoms with E-state index in [4.69, 9.17) is 14.2 Å². The molecule has 0 amide bonds. The van der Waals surface area contributed by atoms with Gasteiger partial charge in [0.1, 0.15) is 16.6 Å². The van der Waals surface area contributed by atoms with Crippen LogP contribution in [0.15, 0.2) is 108 Å². The fraction of sp³-hybridized carbons (Fsp3) is 0.222. The first-order valence-corrected chi connectivity index (χ1v) is 14.0. The van der Waals surface area contributed by atoms with E-state index in [2.05, 4.69) is 83.6 Å². The Balaban J connectivity index is 1.29. The average Bonchev–Trinajstić information content (AvgIpc) is 3.45. The van der Waals surface area contributed by atoms with Crippen molar-refractivity contribution in [3.05, 3.63) is 109 Å². The summed E-state index contributed by atoms with van der Waals surface area (Å²) >= 11 is 0. The molecule has 2 aliphatic rings. The zero-order valence-electron chi connectivity index (χ0n) is 23.4. The molecule has 1 aliphatic heterocycles. The largest absolute Gasteiger partial charge is 0.456 e. The van der Waals surface area contributed by atoms with Crippen molar-refractivity contribution >= 4 is 27.5 Å². The maximum Gasteiger partial charge on any atom is 0.363 e. The number of furan rings is 1. The number of fused-ring (bicyclic) bond motifs is 3. The molecule has 0 atom stereocenters. The predicted molar refractivity (Wildman–Crippen MR) is 162 cm³/mol. The van der Waals surface area contributed by atoms with Gasteiger partial charge in [-0.25, -0.2) is 0 Å². The third kappa shape index (κ3) is 4.16.